The Labute approximate surface area is 220 Å². The largest absolute Gasteiger partial charge is 0.494 e. The van der Waals surface area contributed by atoms with Gasteiger partial charge in [0, 0.05) is 0 Å². The molecule has 206 valence electrons. The van der Waals surface area contributed by atoms with E-state index in [-0.39, 0.29) is 18.6 Å². The molecule has 2 rings (SSSR count). The first-order valence-electron chi connectivity index (χ1n) is 12.0. The Morgan fingerprint density at radius 1 is 0.842 bits per heavy atom. The van der Waals surface area contributed by atoms with Crippen molar-refractivity contribution in [3.8, 4) is 11.5 Å². The van der Waals surface area contributed by atoms with Crippen molar-refractivity contribution in [2.75, 3.05) is 19.8 Å². The van der Waals surface area contributed by atoms with Gasteiger partial charge in [-0.05, 0) is 49.2 Å². The van der Waals surface area contributed by atoms with Crippen molar-refractivity contribution in [1.29, 1.82) is 0 Å². The summed E-state index contributed by atoms with van der Waals surface area (Å²) >= 11 is 0. The molecule has 12 nitrogen and oxygen atoms in total. The van der Waals surface area contributed by atoms with E-state index in [4.69, 9.17) is 14.6 Å². The minimum atomic E-state index is -1.84. The van der Waals surface area contributed by atoms with Gasteiger partial charge >= 0.3 is 0 Å². The van der Waals surface area contributed by atoms with Gasteiger partial charge in [-0.15, -0.1) is 0 Å². The van der Waals surface area contributed by atoms with Gasteiger partial charge in [-0.1, -0.05) is 24.3 Å². The lowest BCUT2D eigenvalue weighted by Gasteiger charge is -2.21. The molecule has 0 saturated heterocycles. The third kappa shape index (κ3) is 10.3. The van der Waals surface area contributed by atoms with Crippen molar-refractivity contribution < 1.29 is 39.5 Å². The fraction of sp³-hybridized carbons (Fsp3) is 0.385. The third-order valence-corrected chi connectivity index (χ3v) is 5.10. The number of nitrogens with zero attached hydrogens (tertiary/aromatic N) is 2. The molecule has 0 heterocycles. The van der Waals surface area contributed by atoms with Crippen LogP contribution in [0.3, 0.4) is 0 Å². The maximum Gasteiger partial charge on any atom is 0.244 e. The normalized spacial score (nSPS) is 14.0. The van der Waals surface area contributed by atoms with E-state index in [1.807, 2.05) is 13.8 Å². The summed E-state index contributed by atoms with van der Waals surface area (Å²) in [5, 5.41) is 46.7. The Morgan fingerprint density at radius 2 is 1.32 bits per heavy atom. The number of benzene rings is 2. The summed E-state index contributed by atoms with van der Waals surface area (Å²) in [7, 11) is 0. The number of rotatable bonds is 15. The first-order chi connectivity index (χ1) is 18.3. The number of nitrogens with one attached hydrogen (secondary N) is 2. The molecule has 2 amide bonds. The molecule has 38 heavy (non-hydrogen) atoms. The van der Waals surface area contributed by atoms with Gasteiger partial charge < -0.3 is 29.9 Å². The molecule has 0 aliphatic heterocycles. The highest BCUT2D eigenvalue weighted by atomic mass is 16.5. The molecule has 12 heteroatoms. The van der Waals surface area contributed by atoms with Crippen molar-refractivity contribution >= 4 is 23.7 Å². The van der Waals surface area contributed by atoms with Crippen LogP contribution in [0.5, 0.6) is 11.5 Å². The van der Waals surface area contributed by atoms with E-state index in [1.54, 1.807) is 48.5 Å². The Balaban J connectivity index is 2.04. The third-order valence-electron chi connectivity index (χ3n) is 5.10. The van der Waals surface area contributed by atoms with Crippen molar-refractivity contribution in [2.24, 2.45) is 10.2 Å². The van der Waals surface area contributed by atoms with E-state index in [0.29, 0.717) is 35.8 Å². The number of carbonyl (C=O) groups is 2. The molecule has 0 fully saturated rings. The monoisotopic (exact) mass is 530 g/mol. The second kappa shape index (κ2) is 16.1. The molecule has 0 aromatic heterocycles. The number of amides is 2. The lowest BCUT2D eigenvalue weighted by molar-refractivity contribution is -0.121. The van der Waals surface area contributed by atoms with Crippen molar-refractivity contribution in [1.82, 2.24) is 10.9 Å². The van der Waals surface area contributed by atoms with Crippen LogP contribution in [0.2, 0.25) is 0 Å². The highest BCUT2D eigenvalue weighted by Gasteiger charge is 2.28. The maximum absolute atomic E-state index is 12.4. The van der Waals surface area contributed by atoms with Crippen LogP contribution in [-0.2, 0) is 22.4 Å². The Morgan fingerprint density at radius 3 is 1.76 bits per heavy atom. The molecule has 0 saturated carbocycles. The molecule has 0 aliphatic rings. The summed E-state index contributed by atoms with van der Waals surface area (Å²) in [6, 6.07) is 13.8. The quantitative estimate of drug-likeness (QED) is 0.136. The van der Waals surface area contributed by atoms with Gasteiger partial charge in [-0.25, -0.2) is 10.9 Å². The lowest BCUT2D eigenvalue weighted by atomic mass is 10.0. The summed E-state index contributed by atoms with van der Waals surface area (Å²) in [5.41, 5.74) is 5.53. The number of carbonyl (C=O) groups excluding carboxylic acids is 2. The van der Waals surface area contributed by atoms with Gasteiger partial charge in [-0.2, -0.15) is 10.2 Å². The van der Waals surface area contributed by atoms with Gasteiger partial charge in [0.15, 0.2) is 0 Å². The number of ether oxygens (including phenoxy) is 2. The fourth-order valence-electron chi connectivity index (χ4n) is 3.15. The number of hydrazone groups is 2. The summed E-state index contributed by atoms with van der Waals surface area (Å²) in [6.45, 7) is 3.94. The molecule has 0 spiro atoms. The van der Waals surface area contributed by atoms with Crippen molar-refractivity contribution in [2.45, 2.75) is 45.0 Å². The molecule has 2 aromatic rings. The van der Waals surface area contributed by atoms with Gasteiger partial charge in [0.1, 0.15) is 35.5 Å². The van der Waals surface area contributed by atoms with Crippen LogP contribution in [-0.4, -0.2) is 82.3 Å². The first-order valence-corrected chi connectivity index (χ1v) is 12.0. The van der Waals surface area contributed by atoms with Crippen LogP contribution in [0.15, 0.2) is 58.7 Å². The zero-order chi connectivity index (χ0) is 27.9. The molecular formula is C26H34N4O8. The van der Waals surface area contributed by atoms with Crippen molar-refractivity contribution in [3.63, 3.8) is 0 Å². The van der Waals surface area contributed by atoms with Crippen LogP contribution in [0.1, 0.15) is 25.0 Å². The van der Waals surface area contributed by atoms with E-state index in [1.165, 1.54) is 0 Å². The first kappa shape index (κ1) is 30.4. The molecule has 6 N–H and O–H groups in total. The maximum atomic E-state index is 12.4. The fourth-order valence-corrected chi connectivity index (χ4v) is 3.15. The SMILES string of the molecule is CCOc1ccc(CC(=O)N/N=C(/C=N/NC(=O)Cc2ccc(OCC)cc2)[C@H](O)[C@@H](O)[C@H](O)CO)cc1. The molecule has 0 aliphatic carbocycles. The van der Waals surface area contributed by atoms with Gasteiger partial charge in [0.25, 0.3) is 0 Å². The number of hydrogen-bond acceptors (Lipinski definition) is 10. The Bertz CT molecular complexity index is 1070. The number of aliphatic hydroxyl groups excluding tert-OH is 4. The summed E-state index contributed by atoms with van der Waals surface area (Å²) in [6.07, 6.45) is -4.48. The molecular weight excluding hydrogens is 496 g/mol. The molecule has 2 aromatic carbocycles. The second-order valence-electron chi connectivity index (χ2n) is 8.06. The van der Waals surface area contributed by atoms with Gasteiger partial charge in [-0.3, -0.25) is 9.59 Å². The number of aliphatic hydroxyl groups is 4. The van der Waals surface area contributed by atoms with Crippen molar-refractivity contribution in [3.05, 3.63) is 59.7 Å². The molecule has 0 bridgehead atoms. The van der Waals surface area contributed by atoms with Gasteiger partial charge in [0.2, 0.25) is 11.8 Å². The Kier molecular flexibility index (Phi) is 12.9. The minimum absolute atomic E-state index is 0.00342. The van der Waals surface area contributed by atoms with Crippen LogP contribution in [0.25, 0.3) is 0 Å². The highest BCUT2D eigenvalue weighted by molar-refractivity contribution is 6.32. The Hall–Kier alpha value is -3.84. The summed E-state index contributed by atoms with van der Waals surface area (Å²) < 4.78 is 10.7. The van der Waals surface area contributed by atoms with Crippen LogP contribution >= 0.6 is 0 Å². The molecule has 0 radical (unpaired) electrons. The van der Waals surface area contributed by atoms with Crippen LogP contribution < -0.4 is 20.3 Å². The van der Waals surface area contributed by atoms with E-state index in [0.717, 1.165) is 6.21 Å². The topological polar surface area (TPSA) is 182 Å². The van der Waals surface area contributed by atoms with E-state index >= 15 is 0 Å². The second-order valence-corrected chi connectivity index (χ2v) is 8.06. The number of hydrogen-bond donors (Lipinski definition) is 6. The molecule has 0 unspecified atom stereocenters. The standard InChI is InChI=1S/C26H34N4O8/c1-3-37-19-9-5-17(6-10-19)13-23(33)29-27-15-21(25(35)26(36)22(32)16-31)28-30-24(34)14-18-7-11-20(12-8-18)38-4-2/h5-12,15,22,25-26,31-32,35-36H,3-4,13-14,16H2,1-2H3,(H,29,33)(H,30,34)/b27-15+,28-21-/t22-,25+,26+/m1/s1. The van der Waals surface area contributed by atoms with E-state index in [2.05, 4.69) is 21.1 Å². The van der Waals surface area contributed by atoms with E-state index < -0.39 is 36.7 Å². The van der Waals surface area contributed by atoms with E-state index in [9.17, 15) is 24.9 Å². The smallest absolute Gasteiger partial charge is 0.244 e. The zero-order valence-electron chi connectivity index (χ0n) is 21.3. The summed E-state index contributed by atoms with van der Waals surface area (Å²) in [4.78, 5) is 24.6. The zero-order valence-corrected chi connectivity index (χ0v) is 21.3. The lowest BCUT2D eigenvalue weighted by Crippen LogP contribution is -2.45. The molecule has 3 atom stereocenters. The average Bonchev–Trinajstić information content (AvgIpc) is 2.91. The predicted molar refractivity (Wildman–Crippen MR) is 140 cm³/mol. The van der Waals surface area contributed by atoms with Gasteiger partial charge in [0.05, 0.1) is 38.9 Å². The predicted octanol–water partition coefficient (Wildman–Crippen LogP) is -0.0816. The van der Waals surface area contributed by atoms with Crippen LogP contribution in [0, 0.1) is 0 Å². The minimum Gasteiger partial charge on any atom is -0.494 e. The highest BCUT2D eigenvalue weighted by Crippen LogP contribution is 2.13. The van der Waals surface area contributed by atoms with Crippen LogP contribution in [0.4, 0.5) is 0 Å². The average molecular weight is 531 g/mol. The summed E-state index contributed by atoms with van der Waals surface area (Å²) in [5.74, 6) is 0.328.